The van der Waals surface area contributed by atoms with Crippen LogP contribution in [0.25, 0.3) is 0 Å². The van der Waals surface area contributed by atoms with Crippen molar-refractivity contribution in [2.75, 3.05) is 5.75 Å². The van der Waals surface area contributed by atoms with Gasteiger partial charge in [0.25, 0.3) is 0 Å². The Labute approximate surface area is 150 Å². The topological polar surface area (TPSA) is 39.8 Å². The van der Waals surface area contributed by atoms with Crippen molar-refractivity contribution in [1.82, 2.24) is 14.1 Å². The first-order chi connectivity index (χ1) is 12.0. The number of ketones is 1. The smallest absolute Gasteiger partial charge is 0.175 e. The van der Waals surface area contributed by atoms with Crippen molar-refractivity contribution in [2.24, 2.45) is 7.05 Å². The number of Topliss-reactive ketones (excluding diaryl/α,β-unsaturated/α-hetero) is 1. The van der Waals surface area contributed by atoms with Crippen LogP contribution in [-0.4, -0.2) is 25.7 Å². The molecule has 3 aromatic rings. The molecule has 0 spiro atoms. The first kappa shape index (κ1) is 17.5. The SMILES string of the molecule is Cc1cc(C(=O)CSc2nccn2C)c(C)n1Cc1ccc(F)cc1. The maximum atomic E-state index is 13.1. The number of hydrogen-bond acceptors (Lipinski definition) is 3. The van der Waals surface area contributed by atoms with E-state index in [4.69, 9.17) is 0 Å². The lowest BCUT2D eigenvalue weighted by Crippen LogP contribution is -2.08. The highest BCUT2D eigenvalue weighted by molar-refractivity contribution is 7.99. The van der Waals surface area contributed by atoms with Gasteiger partial charge in [-0.3, -0.25) is 4.79 Å². The Balaban J connectivity index is 1.75. The van der Waals surface area contributed by atoms with Crippen molar-refractivity contribution in [3.8, 4) is 0 Å². The lowest BCUT2D eigenvalue weighted by atomic mass is 10.2. The number of aromatic nitrogens is 3. The van der Waals surface area contributed by atoms with Crippen LogP contribution < -0.4 is 0 Å². The van der Waals surface area contributed by atoms with E-state index < -0.39 is 0 Å². The molecule has 4 nitrogen and oxygen atoms in total. The Morgan fingerprint density at radius 1 is 1.24 bits per heavy atom. The third-order valence-corrected chi connectivity index (χ3v) is 5.30. The van der Waals surface area contributed by atoms with Gasteiger partial charge in [-0.05, 0) is 37.6 Å². The van der Waals surface area contributed by atoms with Crippen LogP contribution in [0.4, 0.5) is 4.39 Å². The summed E-state index contributed by atoms with van der Waals surface area (Å²) in [6.45, 7) is 4.56. The molecule has 0 saturated heterocycles. The molecule has 0 aliphatic heterocycles. The van der Waals surface area contributed by atoms with E-state index in [0.717, 1.165) is 27.7 Å². The standard InChI is InChI=1S/C19H20FN3OS/c1-13-10-17(18(24)12-25-19-21-8-9-22(19)3)14(2)23(13)11-15-4-6-16(20)7-5-15/h4-10H,11-12H2,1-3H3. The van der Waals surface area contributed by atoms with Gasteiger partial charge in [0.15, 0.2) is 10.9 Å². The second-order valence-electron chi connectivity index (χ2n) is 6.03. The molecular weight excluding hydrogens is 337 g/mol. The molecule has 0 N–H and O–H groups in total. The Morgan fingerprint density at radius 3 is 2.60 bits per heavy atom. The number of carbonyl (C=O) groups excluding carboxylic acids is 1. The summed E-state index contributed by atoms with van der Waals surface area (Å²) in [6, 6.07) is 8.39. The quantitative estimate of drug-likeness (QED) is 0.494. The van der Waals surface area contributed by atoms with Crippen LogP contribution in [0.5, 0.6) is 0 Å². The lowest BCUT2D eigenvalue weighted by Gasteiger charge is -2.10. The number of benzene rings is 1. The van der Waals surface area contributed by atoms with Crippen LogP contribution in [-0.2, 0) is 13.6 Å². The number of imidazole rings is 1. The van der Waals surface area contributed by atoms with E-state index in [0.29, 0.717) is 12.3 Å². The number of rotatable bonds is 6. The molecule has 6 heteroatoms. The predicted molar refractivity (Wildman–Crippen MR) is 97.7 cm³/mol. The highest BCUT2D eigenvalue weighted by atomic mass is 32.2. The molecule has 0 radical (unpaired) electrons. The molecule has 1 aromatic carbocycles. The second kappa shape index (κ2) is 7.27. The zero-order valence-electron chi connectivity index (χ0n) is 14.5. The molecular formula is C19H20FN3OS. The second-order valence-corrected chi connectivity index (χ2v) is 6.97. The van der Waals surface area contributed by atoms with Gasteiger partial charge in [0.05, 0.1) is 5.75 Å². The van der Waals surface area contributed by atoms with Crippen molar-refractivity contribution < 1.29 is 9.18 Å². The summed E-state index contributed by atoms with van der Waals surface area (Å²) in [5, 5.41) is 0.827. The lowest BCUT2D eigenvalue weighted by molar-refractivity contribution is 0.102. The van der Waals surface area contributed by atoms with E-state index >= 15 is 0 Å². The van der Waals surface area contributed by atoms with Crippen LogP contribution in [0.1, 0.15) is 27.3 Å². The fraction of sp³-hybridized carbons (Fsp3) is 0.263. The van der Waals surface area contributed by atoms with Crippen LogP contribution in [0, 0.1) is 19.7 Å². The summed E-state index contributed by atoms with van der Waals surface area (Å²) in [6.07, 6.45) is 3.59. The number of halogens is 1. The average Bonchev–Trinajstić information content (AvgIpc) is 3.12. The highest BCUT2D eigenvalue weighted by Crippen LogP contribution is 2.21. The molecule has 0 bridgehead atoms. The van der Waals surface area contributed by atoms with Gasteiger partial charge in [0.1, 0.15) is 5.82 Å². The van der Waals surface area contributed by atoms with Crippen molar-refractivity contribution in [2.45, 2.75) is 25.5 Å². The fourth-order valence-electron chi connectivity index (χ4n) is 2.80. The minimum atomic E-state index is -0.244. The normalized spacial score (nSPS) is 11.0. The first-order valence-electron chi connectivity index (χ1n) is 8.00. The summed E-state index contributed by atoms with van der Waals surface area (Å²) in [4.78, 5) is 16.8. The molecule has 2 aromatic heterocycles. The largest absolute Gasteiger partial charge is 0.344 e. The van der Waals surface area contributed by atoms with Crippen LogP contribution in [0.3, 0.4) is 0 Å². The summed E-state index contributed by atoms with van der Waals surface area (Å²) in [7, 11) is 1.91. The van der Waals surface area contributed by atoms with Gasteiger partial charge in [0, 0.05) is 42.9 Å². The summed E-state index contributed by atoms with van der Waals surface area (Å²) < 4.78 is 17.1. The van der Waals surface area contributed by atoms with E-state index in [1.165, 1.54) is 23.9 Å². The summed E-state index contributed by atoms with van der Waals surface area (Å²) in [5.74, 6) is 0.199. The van der Waals surface area contributed by atoms with Crippen molar-refractivity contribution in [3.63, 3.8) is 0 Å². The zero-order valence-corrected chi connectivity index (χ0v) is 15.3. The van der Waals surface area contributed by atoms with Gasteiger partial charge >= 0.3 is 0 Å². The molecule has 0 atom stereocenters. The Morgan fingerprint density at radius 2 is 1.96 bits per heavy atom. The van der Waals surface area contributed by atoms with Gasteiger partial charge < -0.3 is 9.13 Å². The third kappa shape index (κ3) is 3.85. The Hall–Kier alpha value is -2.34. The number of thioether (sulfide) groups is 1. The Kier molecular flexibility index (Phi) is 5.08. The van der Waals surface area contributed by atoms with E-state index in [2.05, 4.69) is 9.55 Å². The van der Waals surface area contributed by atoms with Gasteiger partial charge in [-0.15, -0.1) is 0 Å². The number of carbonyl (C=O) groups is 1. The van der Waals surface area contributed by atoms with Crippen LogP contribution in [0.15, 0.2) is 47.9 Å². The minimum Gasteiger partial charge on any atom is -0.344 e. The van der Waals surface area contributed by atoms with Crippen molar-refractivity contribution in [3.05, 3.63) is 71.1 Å². The number of nitrogens with zero attached hydrogens (tertiary/aromatic N) is 3. The van der Waals surface area contributed by atoms with Crippen molar-refractivity contribution >= 4 is 17.5 Å². The molecule has 3 rings (SSSR count). The average molecular weight is 357 g/mol. The first-order valence-corrected chi connectivity index (χ1v) is 8.98. The molecule has 0 aliphatic rings. The number of aryl methyl sites for hydroxylation is 2. The van der Waals surface area contributed by atoms with Gasteiger partial charge in [-0.2, -0.15) is 0 Å². The zero-order chi connectivity index (χ0) is 18.0. The van der Waals surface area contributed by atoms with E-state index in [1.807, 2.05) is 37.7 Å². The minimum absolute atomic E-state index is 0.0893. The van der Waals surface area contributed by atoms with Crippen LogP contribution in [0.2, 0.25) is 0 Å². The monoisotopic (exact) mass is 357 g/mol. The Bertz CT molecular complexity index is 896. The van der Waals surface area contributed by atoms with Crippen LogP contribution >= 0.6 is 11.8 Å². The van der Waals surface area contributed by atoms with Gasteiger partial charge in [-0.1, -0.05) is 23.9 Å². The molecule has 2 heterocycles. The highest BCUT2D eigenvalue weighted by Gasteiger charge is 2.17. The molecule has 0 amide bonds. The predicted octanol–water partition coefficient (Wildman–Crippen LogP) is 4.00. The maximum Gasteiger partial charge on any atom is 0.175 e. The molecule has 0 unspecified atom stereocenters. The summed E-state index contributed by atoms with van der Waals surface area (Å²) in [5.41, 5.74) is 3.70. The number of hydrogen-bond donors (Lipinski definition) is 0. The molecule has 0 saturated carbocycles. The molecule has 0 fully saturated rings. The summed E-state index contributed by atoms with van der Waals surface area (Å²) >= 11 is 1.44. The molecule has 0 aliphatic carbocycles. The maximum absolute atomic E-state index is 13.1. The molecule has 25 heavy (non-hydrogen) atoms. The van der Waals surface area contributed by atoms with Gasteiger partial charge in [-0.25, -0.2) is 9.37 Å². The van der Waals surface area contributed by atoms with E-state index in [1.54, 1.807) is 18.3 Å². The molecule has 130 valence electrons. The fourth-order valence-corrected chi connectivity index (χ4v) is 3.61. The van der Waals surface area contributed by atoms with E-state index in [9.17, 15) is 9.18 Å². The van der Waals surface area contributed by atoms with Gasteiger partial charge in [0.2, 0.25) is 0 Å². The van der Waals surface area contributed by atoms with Crippen molar-refractivity contribution in [1.29, 1.82) is 0 Å². The van der Waals surface area contributed by atoms with E-state index in [-0.39, 0.29) is 11.6 Å². The third-order valence-electron chi connectivity index (χ3n) is 4.24.